The summed E-state index contributed by atoms with van der Waals surface area (Å²) >= 11 is 1.33. The Balaban J connectivity index is 1.40. The number of carbonyl (C=O) groups excluding carboxylic acids is 1. The van der Waals surface area contributed by atoms with Crippen LogP contribution in [0.3, 0.4) is 0 Å². The number of amides is 1. The molecule has 0 bridgehead atoms. The van der Waals surface area contributed by atoms with Crippen molar-refractivity contribution in [2.45, 2.75) is 39.5 Å². The lowest BCUT2D eigenvalue weighted by Gasteiger charge is -2.20. The number of benzene rings is 2. The maximum Gasteiger partial charge on any atom is 0.283 e. The van der Waals surface area contributed by atoms with Crippen molar-refractivity contribution in [3.8, 4) is 11.5 Å². The molecule has 2 aliphatic heterocycles. The van der Waals surface area contributed by atoms with E-state index in [1.807, 2.05) is 43.3 Å². The maximum absolute atomic E-state index is 12.6. The molecule has 1 amide bonds. The summed E-state index contributed by atoms with van der Waals surface area (Å²) in [6.45, 7) is 7.10. The third-order valence-electron chi connectivity index (χ3n) is 5.69. The highest BCUT2D eigenvalue weighted by Gasteiger charge is 2.35. The van der Waals surface area contributed by atoms with Crippen molar-refractivity contribution in [2.24, 2.45) is 10.1 Å². The predicted molar refractivity (Wildman–Crippen MR) is 138 cm³/mol. The van der Waals surface area contributed by atoms with Crippen molar-refractivity contribution in [2.75, 3.05) is 13.2 Å². The van der Waals surface area contributed by atoms with E-state index in [9.17, 15) is 4.79 Å². The fourth-order valence-electron chi connectivity index (χ4n) is 3.50. The fraction of sp³-hybridized carbons (Fsp3) is 0.308. The van der Waals surface area contributed by atoms with Gasteiger partial charge in [0.25, 0.3) is 5.91 Å². The summed E-state index contributed by atoms with van der Waals surface area (Å²) in [4.78, 5) is 16.7. The second kappa shape index (κ2) is 10.7. The molecule has 2 heterocycles. The van der Waals surface area contributed by atoms with Gasteiger partial charge in [0.15, 0.2) is 5.84 Å². The molecule has 0 saturated heterocycles. The van der Waals surface area contributed by atoms with Crippen molar-refractivity contribution in [1.29, 1.82) is 5.41 Å². The van der Waals surface area contributed by atoms with E-state index in [2.05, 4.69) is 36.1 Å². The Morgan fingerprint density at radius 2 is 1.82 bits per heavy atom. The number of aliphatic imine (C=N–C) groups is 1. The first kappa shape index (κ1) is 23.8. The summed E-state index contributed by atoms with van der Waals surface area (Å²) < 4.78 is 11.8. The first-order valence-corrected chi connectivity index (χ1v) is 12.3. The quantitative estimate of drug-likeness (QED) is 0.371. The number of hydrazone groups is 1. The number of ether oxygens (including phenoxy) is 2. The molecule has 0 saturated carbocycles. The largest absolute Gasteiger partial charge is 0.490 e. The number of nitrogens with one attached hydrogen (secondary N) is 1. The zero-order valence-electron chi connectivity index (χ0n) is 19.6. The molecule has 2 aromatic rings. The second-order valence-electron chi connectivity index (χ2n) is 7.98. The normalized spacial score (nSPS) is 17.4. The summed E-state index contributed by atoms with van der Waals surface area (Å²) in [6, 6.07) is 15.6. The number of fused-ring (bicyclic) bond motifs is 1. The number of thioether (sulfide) groups is 1. The van der Waals surface area contributed by atoms with Crippen LogP contribution in [-0.2, 0) is 4.79 Å². The molecule has 1 N–H and O–H groups in total. The molecule has 2 aromatic carbocycles. The highest BCUT2D eigenvalue weighted by molar-refractivity contribution is 8.26. The summed E-state index contributed by atoms with van der Waals surface area (Å²) in [6.07, 6.45) is 3.46. The van der Waals surface area contributed by atoms with Gasteiger partial charge in [0.1, 0.15) is 29.8 Å². The number of nitrogens with zero attached hydrogens (tertiary/aromatic N) is 3. The molecule has 0 aromatic heterocycles. The van der Waals surface area contributed by atoms with Crippen molar-refractivity contribution >= 4 is 39.8 Å². The maximum atomic E-state index is 12.6. The van der Waals surface area contributed by atoms with Crippen LogP contribution in [0.1, 0.15) is 50.7 Å². The minimum absolute atomic E-state index is 0.0184. The number of amidine groups is 2. The number of hydrogen-bond acceptors (Lipinski definition) is 6. The fourth-order valence-corrected chi connectivity index (χ4v) is 4.33. The number of rotatable bonds is 9. The number of para-hydroxylation sites is 1. The van der Waals surface area contributed by atoms with E-state index in [4.69, 9.17) is 14.9 Å². The zero-order chi connectivity index (χ0) is 24.1. The second-order valence-corrected chi connectivity index (χ2v) is 9.02. The average molecular weight is 477 g/mol. The smallest absolute Gasteiger partial charge is 0.283 e. The SMILES string of the molecule is CCC1=NN2C(=N)C(=Cc3ccccc3OCCOc3ccc(C(C)CC)cc3)C(=O)N=C2S1. The molecule has 7 nitrogen and oxygen atoms in total. The van der Waals surface area contributed by atoms with Crippen molar-refractivity contribution in [3.05, 3.63) is 65.2 Å². The Hall–Kier alpha value is -3.39. The molecule has 34 heavy (non-hydrogen) atoms. The molecular formula is C26H28N4O3S. The summed E-state index contributed by atoms with van der Waals surface area (Å²) in [7, 11) is 0. The monoisotopic (exact) mass is 476 g/mol. The summed E-state index contributed by atoms with van der Waals surface area (Å²) in [5.41, 5.74) is 2.18. The van der Waals surface area contributed by atoms with Crippen LogP contribution in [0.25, 0.3) is 6.08 Å². The van der Waals surface area contributed by atoms with Crippen LogP contribution in [0.2, 0.25) is 0 Å². The lowest BCUT2D eigenvalue weighted by molar-refractivity contribution is -0.114. The van der Waals surface area contributed by atoms with Crippen molar-refractivity contribution < 1.29 is 14.3 Å². The molecule has 0 radical (unpaired) electrons. The van der Waals surface area contributed by atoms with Crippen molar-refractivity contribution in [1.82, 2.24) is 5.01 Å². The van der Waals surface area contributed by atoms with E-state index in [0.717, 1.165) is 23.6 Å². The summed E-state index contributed by atoms with van der Waals surface area (Å²) in [5.74, 6) is 1.51. The predicted octanol–water partition coefficient (Wildman–Crippen LogP) is 5.69. The van der Waals surface area contributed by atoms with Gasteiger partial charge >= 0.3 is 0 Å². The first-order chi connectivity index (χ1) is 16.5. The van der Waals surface area contributed by atoms with Crippen LogP contribution < -0.4 is 9.47 Å². The Kier molecular flexibility index (Phi) is 7.47. The molecule has 1 atom stereocenters. The van der Waals surface area contributed by atoms with Crippen LogP contribution in [0.15, 0.2) is 64.2 Å². The van der Waals surface area contributed by atoms with Gasteiger partial charge in [-0.3, -0.25) is 10.2 Å². The van der Waals surface area contributed by atoms with E-state index in [1.54, 1.807) is 6.08 Å². The number of hydrogen-bond donors (Lipinski definition) is 1. The lowest BCUT2D eigenvalue weighted by Crippen LogP contribution is -2.35. The van der Waals surface area contributed by atoms with Crippen LogP contribution in [0.5, 0.6) is 11.5 Å². The zero-order valence-corrected chi connectivity index (χ0v) is 20.4. The van der Waals surface area contributed by atoms with Gasteiger partial charge < -0.3 is 9.47 Å². The molecule has 0 fully saturated rings. The standard InChI is InChI=1S/C26H28N4O3S/c1-4-17(3)18-10-12-20(13-11-18)32-14-15-33-22-9-7-6-8-19(22)16-21-24(27)30-26(28-25(21)31)34-23(5-2)29-30/h6-13,16-17,27H,4-5,14-15H2,1-3H3. The minimum atomic E-state index is -0.449. The van der Waals surface area contributed by atoms with E-state index in [0.29, 0.717) is 35.6 Å². The Morgan fingerprint density at radius 3 is 2.56 bits per heavy atom. The van der Waals surface area contributed by atoms with Gasteiger partial charge in [-0.15, -0.1) is 0 Å². The third kappa shape index (κ3) is 5.22. The van der Waals surface area contributed by atoms with Gasteiger partial charge in [-0.1, -0.05) is 51.1 Å². The van der Waals surface area contributed by atoms with Gasteiger partial charge in [0.05, 0.1) is 5.57 Å². The van der Waals surface area contributed by atoms with Crippen LogP contribution in [-0.4, -0.2) is 40.2 Å². The van der Waals surface area contributed by atoms with Crippen LogP contribution in [0.4, 0.5) is 0 Å². The molecule has 8 heteroatoms. The lowest BCUT2D eigenvalue weighted by atomic mass is 9.99. The molecule has 1 unspecified atom stereocenters. The molecule has 2 aliphatic rings. The van der Waals surface area contributed by atoms with Gasteiger partial charge in [-0.25, -0.2) is 0 Å². The van der Waals surface area contributed by atoms with E-state index in [1.165, 1.54) is 22.3 Å². The van der Waals surface area contributed by atoms with E-state index < -0.39 is 5.91 Å². The Labute approximate surface area is 204 Å². The van der Waals surface area contributed by atoms with Crippen LogP contribution in [0, 0.1) is 5.41 Å². The molecule has 0 aliphatic carbocycles. The Morgan fingerprint density at radius 1 is 1.09 bits per heavy atom. The van der Waals surface area contributed by atoms with E-state index >= 15 is 0 Å². The van der Waals surface area contributed by atoms with Gasteiger partial charge in [0.2, 0.25) is 5.17 Å². The van der Waals surface area contributed by atoms with Crippen molar-refractivity contribution in [3.63, 3.8) is 0 Å². The van der Waals surface area contributed by atoms with Gasteiger partial charge in [0, 0.05) is 5.56 Å². The van der Waals surface area contributed by atoms with E-state index in [-0.39, 0.29) is 11.4 Å². The van der Waals surface area contributed by atoms with Gasteiger partial charge in [-0.05, 0) is 60.4 Å². The third-order valence-corrected chi connectivity index (χ3v) is 6.74. The highest BCUT2D eigenvalue weighted by atomic mass is 32.2. The Bertz CT molecular complexity index is 1170. The molecule has 0 spiro atoms. The number of carbonyl (C=O) groups is 1. The molecule has 4 rings (SSSR count). The van der Waals surface area contributed by atoms with Crippen LogP contribution >= 0.6 is 11.8 Å². The van der Waals surface area contributed by atoms with Gasteiger partial charge in [-0.2, -0.15) is 15.1 Å². The minimum Gasteiger partial charge on any atom is -0.490 e. The first-order valence-electron chi connectivity index (χ1n) is 11.4. The summed E-state index contributed by atoms with van der Waals surface area (Å²) in [5, 5.41) is 15.5. The topological polar surface area (TPSA) is 87.3 Å². The average Bonchev–Trinajstić information content (AvgIpc) is 3.28. The molecule has 176 valence electrons. The highest BCUT2D eigenvalue weighted by Crippen LogP contribution is 2.30. The molecular weight excluding hydrogens is 448 g/mol.